The molecule has 0 unspecified atom stereocenters. The highest BCUT2D eigenvalue weighted by molar-refractivity contribution is 9.10. The Hall–Kier alpha value is -0.380. The van der Waals surface area contributed by atoms with E-state index in [9.17, 15) is 10.2 Å². The molecule has 0 radical (unpaired) electrons. The average Bonchev–Trinajstić information content (AvgIpc) is 2.24. The number of aliphatic hydroxyl groups excluding tert-OH is 2. The third-order valence-electron chi connectivity index (χ3n) is 2.74. The molecule has 0 amide bonds. The highest BCUT2D eigenvalue weighted by Gasteiger charge is 2.28. The molecule has 1 rings (SSSR count). The third-order valence-corrected chi connectivity index (χ3v) is 3.27. The van der Waals surface area contributed by atoms with Gasteiger partial charge in [0.05, 0.1) is 13.2 Å². The fourth-order valence-electron chi connectivity index (χ4n) is 1.46. The normalized spacial score (nSPS) is 11.7. The molecule has 0 atom stereocenters. The summed E-state index contributed by atoms with van der Waals surface area (Å²) in [5, 5.41) is 18.7. The Kier molecular flexibility index (Phi) is 4.11. The van der Waals surface area contributed by atoms with Gasteiger partial charge in [0.1, 0.15) is 0 Å². The van der Waals surface area contributed by atoms with Crippen molar-refractivity contribution >= 4 is 15.9 Å². The van der Waals surface area contributed by atoms with Crippen molar-refractivity contribution in [1.82, 2.24) is 0 Å². The fourth-order valence-corrected chi connectivity index (χ4v) is 1.73. The van der Waals surface area contributed by atoms with Gasteiger partial charge in [0.25, 0.3) is 0 Å². The summed E-state index contributed by atoms with van der Waals surface area (Å²) in [6, 6.07) is 7.70. The van der Waals surface area contributed by atoms with Crippen molar-refractivity contribution in [3.05, 3.63) is 34.3 Å². The quantitative estimate of drug-likeness (QED) is 0.869. The van der Waals surface area contributed by atoms with Gasteiger partial charge in [-0.25, -0.2) is 0 Å². The topological polar surface area (TPSA) is 40.5 Å². The highest BCUT2D eigenvalue weighted by atomic mass is 79.9. The third kappa shape index (κ3) is 2.16. The van der Waals surface area contributed by atoms with Gasteiger partial charge in [-0.15, -0.1) is 0 Å². The number of hydrogen-bond donors (Lipinski definition) is 2. The minimum Gasteiger partial charge on any atom is -0.395 e. The van der Waals surface area contributed by atoms with Crippen LogP contribution in [0, 0.1) is 0 Å². The molecular weight excluding hydrogens is 244 g/mol. The van der Waals surface area contributed by atoms with Crippen LogP contribution in [0.2, 0.25) is 0 Å². The Morgan fingerprint density at radius 2 is 1.64 bits per heavy atom. The van der Waals surface area contributed by atoms with Gasteiger partial charge in [-0.3, -0.25) is 0 Å². The van der Waals surface area contributed by atoms with Crippen LogP contribution in [0.3, 0.4) is 0 Å². The van der Waals surface area contributed by atoms with Crippen LogP contribution < -0.4 is 0 Å². The average molecular weight is 259 g/mol. The second-order valence-corrected chi connectivity index (χ2v) is 4.37. The number of halogens is 1. The summed E-state index contributed by atoms with van der Waals surface area (Å²) < 4.78 is 1.00. The first kappa shape index (κ1) is 11.7. The molecular formula is C11H15BrO2. The monoisotopic (exact) mass is 258 g/mol. The lowest BCUT2D eigenvalue weighted by Crippen LogP contribution is -2.33. The van der Waals surface area contributed by atoms with Gasteiger partial charge in [0, 0.05) is 9.89 Å². The van der Waals surface area contributed by atoms with Crippen molar-refractivity contribution in [2.75, 3.05) is 13.2 Å². The standard InChI is InChI=1S/C11H15BrO2/c1-2-11(7-13,8-14)9-3-5-10(12)6-4-9/h3-6,13-14H,2,7-8H2,1H3. The van der Waals surface area contributed by atoms with E-state index in [1.807, 2.05) is 31.2 Å². The van der Waals surface area contributed by atoms with E-state index < -0.39 is 5.41 Å². The lowest BCUT2D eigenvalue weighted by Gasteiger charge is -2.28. The van der Waals surface area contributed by atoms with Crippen LogP contribution >= 0.6 is 15.9 Å². The van der Waals surface area contributed by atoms with E-state index in [0.717, 1.165) is 16.5 Å². The molecule has 0 heterocycles. The molecule has 0 saturated carbocycles. The van der Waals surface area contributed by atoms with Crippen LogP contribution in [-0.4, -0.2) is 23.4 Å². The Bertz CT molecular complexity index is 270. The van der Waals surface area contributed by atoms with E-state index in [4.69, 9.17) is 0 Å². The molecule has 3 heteroatoms. The first-order chi connectivity index (χ1) is 6.68. The molecule has 0 spiro atoms. The van der Waals surface area contributed by atoms with Crippen molar-refractivity contribution in [2.24, 2.45) is 0 Å². The van der Waals surface area contributed by atoms with Crippen molar-refractivity contribution in [1.29, 1.82) is 0 Å². The molecule has 0 saturated heterocycles. The summed E-state index contributed by atoms with van der Waals surface area (Å²) in [6.45, 7) is 1.91. The van der Waals surface area contributed by atoms with Gasteiger partial charge in [-0.1, -0.05) is 35.0 Å². The highest BCUT2D eigenvalue weighted by Crippen LogP contribution is 2.28. The Morgan fingerprint density at radius 3 is 2.00 bits per heavy atom. The van der Waals surface area contributed by atoms with Gasteiger partial charge in [0.15, 0.2) is 0 Å². The predicted molar refractivity (Wildman–Crippen MR) is 60.3 cm³/mol. The maximum absolute atomic E-state index is 9.33. The van der Waals surface area contributed by atoms with E-state index in [0.29, 0.717) is 0 Å². The predicted octanol–water partition coefficient (Wildman–Crippen LogP) is 2.08. The second-order valence-electron chi connectivity index (χ2n) is 3.46. The van der Waals surface area contributed by atoms with E-state index in [-0.39, 0.29) is 13.2 Å². The molecule has 2 nitrogen and oxygen atoms in total. The summed E-state index contributed by atoms with van der Waals surface area (Å²) in [5.41, 5.74) is 0.481. The Balaban J connectivity index is 3.05. The number of aliphatic hydroxyl groups is 2. The van der Waals surface area contributed by atoms with Gasteiger partial charge >= 0.3 is 0 Å². The summed E-state index contributed by atoms with van der Waals surface area (Å²) in [7, 11) is 0. The molecule has 1 aromatic carbocycles. The molecule has 1 aromatic rings. The molecule has 0 aliphatic rings. The molecule has 0 aromatic heterocycles. The van der Waals surface area contributed by atoms with Gasteiger partial charge in [-0.05, 0) is 24.1 Å². The van der Waals surface area contributed by atoms with Crippen molar-refractivity contribution in [3.63, 3.8) is 0 Å². The van der Waals surface area contributed by atoms with E-state index in [1.165, 1.54) is 0 Å². The molecule has 0 bridgehead atoms. The van der Waals surface area contributed by atoms with Crippen molar-refractivity contribution in [2.45, 2.75) is 18.8 Å². The Labute approximate surface area is 92.7 Å². The van der Waals surface area contributed by atoms with Crippen molar-refractivity contribution < 1.29 is 10.2 Å². The zero-order valence-corrected chi connectivity index (χ0v) is 9.79. The van der Waals surface area contributed by atoms with Crippen LogP contribution in [0.1, 0.15) is 18.9 Å². The lowest BCUT2D eigenvalue weighted by molar-refractivity contribution is 0.113. The van der Waals surface area contributed by atoms with Crippen LogP contribution in [-0.2, 0) is 5.41 Å². The molecule has 0 aliphatic heterocycles. The smallest absolute Gasteiger partial charge is 0.0550 e. The molecule has 2 N–H and O–H groups in total. The van der Waals surface area contributed by atoms with E-state index in [1.54, 1.807) is 0 Å². The maximum Gasteiger partial charge on any atom is 0.0550 e. The summed E-state index contributed by atoms with van der Waals surface area (Å²) >= 11 is 3.35. The summed E-state index contributed by atoms with van der Waals surface area (Å²) in [6.07, 6.45) is 0.724. The zero-order chi connectivity index (χ0) is 10.6. The van der Waals surface area contributed by atoms with Crippen LogP contribution in [0.25, 0.3) is 0 Å². The Morgan fingerprint density at radius 1 is 1.14 bits per heavy atom. The molecule has 78 valence electrons. The minimum absolute atomic E-state index is 0.0262. The summed E-state index contributed by atoms with van der Waals surface area (Å²) in [5.74, 6) is 0. The van der Waals surface area contributed by atoms with Gasteiger partial charge in [0.2, 0.25) is 0 Å². The molecule has 0 aliphatic carbocycles. The maximum atomic E-state index is 9.33. The van der Waals surface area contributed by atoms with E-state index in [2.05, 4.69) is 15.9 Å². The van der Waals surface area contributed by atoms with Crippen LogP contribution in [0.15, 0.2) is 28.7 Å². The number of hydrogen-bond acceptors (Lipinski definition) is 2. The summed E-state index contributed by atoms with van der Waals surface area (Å²) in [4.78, 5) is 0. The van der Waals surface area contributed by atoms with Crippen LogP contribution in [0.5, 0.6) is 0 Å². The minimum atomic E-state index is -0.499. The zero-order valence-electron chi connectivity index (χ0n) is 8.20. The van der Waals surface area contributed by atoms with Gasteiger partial charge in [-0.2, -0.15) is 0 Å². The van der Waals surface area contributed by atoms with E-state index >= 15 is 0 Å². The molecule has 0 fully saturated rings. The number of benzene rings is 1. The van der Waals surface area contributed by atoms with Crippen molar-refractivity contribution in [3.8, 4) is 0 Å². The lowest BCUT2D eigenvalue weighted by atomic mass is 9.80. The first-order valence-electron chi connectivity index (χ1n) is 4.66. The largest absolute Gasteiger partial charge is 0.395 e. The fraction of sp³-hybridized carbons (Fsp3) is 0.455. The molecule has 14 heavy (non-hydrogen) atoms. The SMILES string of the molecule is CCC(CO)(CO)c1ccc(Br)cc1. The number of rotatable bonds is 4. The second kappa shape index (κ2) is 4.91. The van der Waals surface area contributed by atoms with Gasteiger partial charge < -0.3 is 10.2 Å². The first-order valence-corrected chi connectivity index (χ1v) is 5.45. The van der Waals surface area contributed by atoms with Crippen LogP contribution in [0.4, 0.5) is 0 Å².